The lowest BCUT2D eigenvalue weighted by molar-refractivity contribution is -0.896. The zero-order chi connectivity index (χ0) is 21.1. The van der Waals surface area contributed by atoms with Gasteiger partial charge in [-0.15, -0.1) is 0 Å². The summed E-state index contributed by atoms with van der Waals surface area (Å²) < 4.78 is 11.2. The van der Waals surface area contributed by atoms with E-state index >= 15 is 0 Å². The Kier molecular flexibility index (Phi) is 6.27. The van der Waals surface area contributed by atoms with E-state index in [1.165, 1.54) is 9.80 Å². The Morgan fingerprint density at radius 3 is 2.31 bits per heavy atom. The molecule has 0 saturated carbocycles. The molecule has 3 heterocycles. The van der Waals surface area contributed by atoms with Gasteiger partial charge < -0.3 is 23.7 Å². The van der Waals surface area contributed by atoms with Crippen LogP contribution in [0.1, 0.15) is 54.1 Å². The summed E-state index contributed by atoms with van der Waals surface area (Å²) in [7, 11) is 0. The molecule has 0 aromatic carbocycles. The van der Waals surface area contributed by atoms with Crippen LogP contribution < -0.4 is 4.90 Å². The topological polar surface area (TPSA) is 88.3 Å². The highest BCUT2D eigenvalue weighted by atomic mass is 16.4. The largest absolute Gasteiger partial charge is 0.503 e. The molecule has 156 valence electrons. The first kappa shape index (κ1) is 20.9. The molecule has 2 N–H and O–H groups in total. The molecule has 1 atom stereocenters. The fourth-order valence-electron chi connectivity index (χ4n) is 3.80. The maximum Gasteiger partial charge on any atom is 0.290 e. The first-order valence-corrected chi connectivity index (χ1v) is 10.1. The number of hydrogen-bond donors (Lipinski definition) is 2. The molecule has 3 rings (SSSR count). The summed E-state index contributed by atoms with van der Waals surface area (Å²) in [6.45, 7) is 11.1. The number of hydrogen-bond acceptors (Lipinski definition) is 5. The molecule has 29 heavy (non-hydrogen) atoms. The Morgan fingerprint density at radius 1 is 1.10 bits per heavy atom. The van der Waals surface area contributed by atoms with Crippen molar-refractivity contribution in [3.63, 3.8) is 0 Å². The second kappa shape index (κ2) is 8.69. The van der Waals surface area contributed by atoms with Crippen LogP contribution in [0, 0.1) is 13.8 Å². The lowest BCUT2D eigenvalue weighted by Crippen LogP contribution is -3.11. The molecule has 0 radical (unpaired) electrons. The van der Waals surface area contributed by atoms with E-state index in [1.807, 2.05) is 0 Å². The molecule has 0 bridgehead atoms. The Labute approximate surface area is 170 Å². The van der Waals surface area contributed by atoms with E-state index in [9.17, 15) is 14.7 Å². The van der Waals surface area contributed by atoms with Gasteiger partial charge in [-0.1, -0.05) is 0 Å². The fourth-order valence-corrected chi connectivity index (χ4v) is 3.80. The molecule has 7 heteroatoms. The third-order valence-corrected chi connectivity index (χ3v) is 5.47. The molecule has 0 aliphatic carbocycles. The van der Waals surface area contributed by atoms with Crippen molar-refractivity contribution < 1.29 is 28.4 Å². The SMILES string of the molecule is CC[NH+](CC)CCCN1C(=O)C(O)=C(C(=O)c2ccc(C)o2)[C@H]1c1ccc(C)o1. The molecular formula is C22H29N2O5+. The minimum Gasteiger partial charge on any atom is -0.503 e. The number of rotatable bonds is 9. The Bertz CT molecular complexity index is 919. The van der Waals surface area contributed by atoms with Gasteiger partial charge in [0.1, 0.15) is 23.3 Å². The van der Waals surface area contributed by atoms with Gasteiger partial charge in [0.15, 0.2) is 11.5 Å². The highest BCUT2D eigenvalue weighted by Crippen LogP contribution is 2.39. The molecule has 0 fully saturated rings. The number of aliphatic hydroxyl groups is 1. The summed E-state index contributed by atoms with van der Waals surface area (Å²) in [6.07, 6.45) is 0.757. The summed E-state index contributed by atoms with van der Waals surface area (Å²) in [5.74, 6) is 0.235. The lowest BCUT2D eigenvalue weighted by Gasteiger charge is -2.25. The number of furan rings is 2. The number of nitrogens with zero attached hydrogens (tertiary/aromatic N) is 1. The van der Waals surface area contributed by atoms with E-state index < -0.39 is 23.5 Å². The third kappa shape index (κ3) is 4.15. The predicted octanol–water partition coefficient (Wildman–Crippen LogP) is 2.38. The highest BCUT2D eigenvalue weighted by molar-refractivity contribution is 6.14. The Morgan fingerprint density at radius 2 is 1.76 bits per heavy atom. The van der Waals surface area contributed by atoms with Crippen LogP contribution in [-0.4, -0.2) is 47.9 Å². The second-order valence-electron chi connectivity index (χ2n) is 7.41. The standard InChI is InChI=1S/C22H28N2O5/c1-5-23(6-2)12-7-13-24-19(16-10-8-14(3)28-16)18(21(26)22(24)27)20(25)17-11-9-15(4)29-17/h8-11,19,26H,5-7,12-13H2,1-4H3/p+1/t19-/m1/s1. The van der Waals surface area contributed by atoms with Gasteiger partial charge in [0.2, 0.25) is 5.78 Å². The van der Waals surface area contributed by atoms with Crippen molar-refractivity contribution in [1.29, 1.82) is 0 Å². The van der Waals surface area contributed by atoms with Crippen LogP contribution in [0.15, 0.2) is 44.4 Å². The number of nitrogens with one attached hydrogen (secondary N) is 1. The van der Waals surface area contributed by atoms with Gasteiger partial charge in [-0.05, 0) is 52.0 Å². The number of carbonyl (C=O) groups is 2. The van der Waals surface area contributed by atoms with Gasteiger partial charge in [0.25, 0.3) is 5.91 Å². The van der Waals surface area contributed by atoms with E-state index in [4.69, 9.17) is 8.83 Å². The second-order valence-corrected chi connectivity index (χ2v) is 7.41. The van der Waals surface area contributed by atoms with E-state index in [2.05, 4.69) is 13.8 Å². The van der Waals surface area contributed by atoms with E-state index in [-0.39, 0.29) is 11.3 Å². The van der Waals surface area contributed by atoms with Crippen molar-refractivity contribution in [2.24, 2.45) is 0 Å². The maximum atomic E-state index is 13.1. The van der Waals surface area contributed by atoms with Crippen molar-refractivity contribution in [2.45, 2.75) is 40.2 Å². The molecule has 2 aromatic heterocycles. The van der Waals surface area contributed by atoms with E-state index in [1.54, 1.807) is 38.1 Å². The Hall–Kier alpha value is -2.80. The predicted molar refractivity (Wildman–Crippen MR) is 107 cm³/mol. The van der Waals surface area contributed by atoms with Crippen LogP contribution in [0.3, 0.4) is 0 Å². The lowest BCUT2D eigenvalue weighted by atomic mass is 9.99. The van der Waals surface area contributed by atoms with Crippen molar-refractivity contribution in [3.05, 3.63) is 58.6 Å². The smallest absolute Gasteiger partial charge is 0.290 e. The Balaban J connectivity index is 1.91. The van der Waals surface area contributed by atoms with Crippen molar-refractivity contribution in [3.8, 4) is 0 Å². The molecular weight excluding hydrogens is 372 g/mol. The summed E-state index contributed by atoms with van der Waals surface area (Å²) in [5.41, 5.74) is 0.00823. The third-order valence-electron chi connectivity index (χ3n) is 5.47. The number of quaternary nitrogens is 1. The molecule has 0 unspecified atom stereocenters. The summed E-state index contributed by atoms with van der Waals surface area (Å²) >= 11 is 0. The molecule has 0 spiro atoms. The number of aliphatic hydroxyl groups excluding tert-OH is 1. The summed E-state index contributed by atoms with van der Waals surface area (Å²) in [4.78, 5) is 28.9. The summed E-state index contributed by atoms with van der Waals surface area (Å²) in [5, 5.41) is 10.6. The van der Waals surface area contributed by atoms with Crippen LogP contribution in [0.25, 0.3) is 0 Å². The first-order chi connectivity index (χ1) is 13.9. The van der Waals surface area contributed by atoms with Gasteiger partial charge in [0.05, 0.1) is 25.2 Å². The number of carbonyl (C=O) groups excluding carboxylic acids is 2. The van der Waals surface area contributed by atoms with Gasteiger partial charge in [-0.2, -0.15) is 0 Å². The first-order valence-electron chi connectivity index (χ1n) is 10.1. The van der Waals surface area contributed by atoms with Crippen molar-refractivity contribution in [2.75, 3.05) is 26.2 Å². The zero-order valence-corrected chi connectivity index (χ0v) is 17.4. The average Bonchev–Trinajstić information content (AvgIpc) is 3.39. The fraction of sp³-hybridized carbons (Fsp3) is 0.455. The highest BCUT2D eigenvalue weighted by Gasteiger charge is 2.45. The minimum absolute atomic E-state index is 0.00823. The van der Waals surface area contributed by atoms with Gasteiger partial charge >= 0.3 is 0 Å². The minimum atomic E-state index is -0.763. The van der Waals surface area contributed by atoms with Gasteiger partial charge in [0, 0.05) is 13.0 Å². The van der Waals surface area contributed by atoms with Crippen LogP contribution in [-0.2, 0) is 4.79 Å². The van der Waals surface area contributed by atoms with Crippen LogP contribution in [0.2, 0.25) is 0 Å². The zero-order valence-electron chi connectivity index (χ0n) is 17.4. The maximum absolute atomic E-state index is 13.1. The number of aryl methyl sites for hydroxylation is 2. The molecule has 0 saturated heterocycles. The van der Waals surface area contributed by atoms with Crippen LogP contribution >= 0.6 is 0 Å². The number of Topliss-reactive ketones (excluding diaryl/α,β-unsaturated/α-hetero) is 1. The van der Waals surface area contributed by atoms with Gasteiger partial charge in [-0.3, -0.25) is 9.59 Å². The van der Waals surface area contributed by atoms with Crippen LogP contribution in [0.5, 0.6) is 0 Å². The molecule has 1 amide bonds. The molecule has 1 aliphatic heterocycles. The number of amides is 1. The average molecular weight is 401 g/mol. The summed E-state index contributed by atoms with van der Waals surface area (Å²) in [6, 6.07) is 6.00. The molecule has 1 aliphatic rings. The molecule has 2 aromatic rings. The molecule has 7 nitrogen and oxygen atoms in total. The normalized spacial score (nSPS) is 17.1. The quantitative estimate of drug-likeness (QED) is 0.630. The monoisotopic (exact) mass is 401 g/mol. The van der Waals surface area contributed by atoms with Crippen LogP contribution in [0.4, 0.5) is 0 Å². The number of ketones is 1. The van der Waals surface area contributed by atoms with E-state index in [0.29, 0.717) is 23.8 Å². The van der Waals surface area contributed by atoms with Gasteiger partial charge in [-0.25, -0.2) is 0 Å². The van der Waals surface area contributed by atoms with Crippen molar-refractivity contribution >= 4 is 11.7 Å². The van der Waals surface area contributed by atoms with Crippen molar-refractivity contribution in [1.82, 2.24) is 4.90 Å². The van der Waals surface area contributed by atoms with E-state index in [0.717, 1.165) is 26.1 Å².